The van der Waals surface area contributed by atoms with Crippen molar-refractivity contribution in [2.45, 2.75) is 37.4 Å². The zero-order chi connectivity index (χ0) is 19.4. The van der Waals surface area contributed by atoms with E-state index in [-0.39, 0.29) is 17.8 Å². The second-order valence-electron chi connectivity index (χ2n) is 7.21. The average molecular weight is 396 g/mol. The summed E-state index contributed by atoms with van der Waals surface area (Å²) in [5.74, 6) is 0.469. The first-order valence-corrected chi connectivity index (χ1v) is 9.48. The molecule has 1 N–H and O–H groups in total. The molecule has 8 heteroatoms. The summed E-state index contributed by atoms with van der Waals surface area (Å²) in [5, 5.41) is 13.5. The Labute approximate surface area is 164 Å². The Bertz CT molecular complexity index is 1210. The molecule has 0 aliphatic heterocycles. The molecule has 0 unspecified atom stereocenters. The van der Waals surface area contributed by atoms with Crippen LogP contribution in [0, 0.1) is 11.3 Å². The van der Waals surface area contributed by atoms with E-state index >= 15 is 0 Å². The number of anilines is 1. The number of hydrogen-bond donors (Lipinski definition) is 1. The van der Waals surface area contributed by atoms with Crippen molar-refractivity contribution in [1.82, 2.24) is 14.5 Å². The molecule has 2 heterocycles. The van der Waals surface area contributed by atoms with Gasteiger partial charge in [-0.05, 0) is 31.0 Å². The molecule has 0 amide bonds. The van der Waals surface area contributed by atoms with Crippen LogP contribution >= 0.6 is 11.6 Å². The van der Waals surface area contributed by atoms with Gasteiger partial charge < -0.3 is 5.32 Å². The molecule has 0 spiro atoms. The zero-order valence-corrected chi connectivity index (χ0v) is 15.4. The van der Waals surface area contributed by atoms with Gasteiger partial charge in [0.2, 0.25) is 0 Å². The van der Waals surface area contributed by atoms with E-state index in [0.29, 0.717) is 39.4 Å². The number of halogens is 2. The van der Waals surface area contributed by atoms with Gasteiger partial charge in [-0.2, -0.15) is 10.2 Å². The maximum Gasteiger partial charge on any atom is 0.355 e. The smallest absolute Gasteiger partial charge is 0.355 e. The molecule has 6 nitrogen and oxygen atoms in total. The SMILES string of the molecule is N#Cc1cc2c(N[C@H]3C[C@H]3F)nc(=O)n(-c3ccccc3Cl)c2nc1C1CC1. The molecule has 1 aromatic carbocycles. The van der Waals surface area contributed by atoms with Crippen molar-refractivity contribution in [3.63, 3.8) is 0 Å². The Morgan fingerprint density at radius 1 is 1.29 bits per heavy atom. The number of fused-ring (bicyclic) bond motifs is 1. The number of hydrogen-bond acceptors (Lipinski definition) is 5. The Hall–Kier alpha value is -2.98. The molecule has 5 rings (SSSR count). The van der Waals surface area contributed by atoms with E-state index < -0.39 is 11.9 Å². The maximum absolute atomic E-state index is 13.4. The van der Waals surface area contributed by atoms with E-state index in [1.165, 1.54) is 4.57 Å². The van der Waals surface area contributed by atoms with E-state index in [4.69, 9.17) is 16.6 Å². The summed E-state index contributed by atoms with van der Waals surface area (Å²) >= 11 is 6.32. The van der Waals surface area contributed by atoms with Crippen molar-refractivity contribution >= 4 is 28.5 Å². The fourth-order valence-electron chi connectivity index (χ4n) is 3.37. The van der Waals surface area contributed by atoms with Crippen LogP contribution < -0.4 is 11.0 Å². The van der Waals surface area contributed by atoms with Gasteiger partial charge in [-0.1, -0.05) is 23.7 Å². The number of nitrogens with zero attached hydrogens (tertiary/aromatic N) is 4. The second kappa shape index (κ2) is 6.28. The highest BCUT2D eigenvalue weighted by Crippen LogP contribution is 2.42. The summed E-state index contributed by atoms with van der Waals surface area (Å²) < 4.78 is 14.8. The van der Waals surface area contributed by atoms with Crippen molar-refractivity contribution in [3.05, 3.63) is 57.1 Å². The van der Waals surface area contributed by atoms with E-state index in [9.17, 15) is 14.4 Å². The second-order valence-corrected chi connectivity index (χ2v) is 7.62. The van der Waals surface area contributed by atoms with Gasteiger partial charge in [0.15, 0.2) is 5.65 Å². The Morgan fingerprint density at radius 3 is 2.68 bits per heavy atom. The molecule has 28 heavy (non-hydrogen) atoms. The van der Waals surface area contributed by atoms with Gasteiger partial charge >= 0.3 is 5.69 Å². The van der Waals surface area contributed by atoms with Crippen molar-refractivity contribution < 1.29 is 4.39 Å². The zero-order valence-electron chi connectivity index (χ0n) is 14.7. The van der Waals surface area contributed by atoms with Gasteiger partial charge in [-0.3, -0.25) is 0 Å². The lowest BCUT2D eigenvalue weighted by molar-refractivity contribution is 0.472. The molecule has 2 aromatic heterocycles. The molecular weight excluding hydrogens is 381 g/mol. The monoisotopic (exact) mass is 395 g/mol. The van der Waals surface area contributed by atoms with Crippen LogP contribution in [0.25, 0.3) is 16.7 Å². The standard InChI is InChI=1S/C20H15ClFN5O/c21-13-3-1-2-4-16(13)27-19-12(7-11(9-23)17(25-19)10-5-6-10)18(26-20(27)28)24-15-8-14(15)22/h1-4,7,10,14-15H,5-6,8H2,(H,24,26,28)/t14-,15+/m1/s1. The van der Waals surface area contributed by atoms with Gasteiger partial charge in [0.05, 0.1) is 33.4 Å². The Morgan fingerprint density at radius 2 is 2.04 bits per heavy atom. The summed E-state index contributed by atoms with van der Waals surface area (Å²) in [4.78, 5) is 21.7. The third kappa shape index (κ3) is 2.81. The minimum absolute atomic E-state index is 0.220. The van der Waals surface area contributed by atoms with Gasteiger partial charge in [0.25, 0.3) is 0 Å². The lowest BCUT2D eigenvalue weighted by Crippen LogP contribution is -2.25. The van der Waals surface area contributed by atoms with Crippen LogP contribution in [0.15, 0.2) is 35.1 Å². The number of rotatable bonds is 4. The number of pyridine rings is 1. The quantitative estimate of drug-likeness (QED) is 0.728. The molecule has 2 saturated carbocycles. The number of para-hydroxylation sites is 1. The third-order valence-corrected chi connectivity index (χ3v) is 5.43. The van der Waals surface area contributed by atoms with Gasteiger partial charge in [-0.25, -0.2) is 18.7 Å². The summed E-state index contributed by atoms with van der Waals surface area (Å²) in [6, 6.07) is 10.5. The maximum atomic E-state index is 13.4. The largest absolute Gasteiger partial charge is 0.364 e. The molecule has 140 valence electrons. The highest BCUT2D eigenvalue weighted by Gasteiger charge is 2.38. The van der Waals surface area contributed by atoms with Crippen LogP contribution in [-0.4, -0.2) is 26.7 Å². The van der Waals surface area contributed by atoms with Crippen LogP contribution in [-0.2, 0) is 0 Å². The first kappa shape index (κ1) is 17.1. The van der Waals surface area contributed by atoms with E-state index in [1.54, 1.807) is 30.3 Å². The van der Waals surface area contributed by atoms with Gasteiger partial charge in [-0.15, -0.1) is 0 Å². The molecular formula is C20H15ClFN5O. The summed E-state index contributed by atoms with van der Waals surface area (Å²) in [6.07, 6.45) is 1.34. The van der Waals surface area contributed by atoms with Crippen LogP contribution in [0.5, 0.6) is 0 Å². The van der Waals surface area contributed by atoms with Crippen molar-refractivity contribution in [2.24, 2.45) is 0 Å². The van der Waals surface area contributed by atoms with Crippen LogP contribution in [0.1, 0.15) is 36.4 Å². The highest BCUT2D eigenvalue weighted by molar-refractivity contribution is 6.32. The van der Waals surface area contributed by atoms with Crippen LogP contribution in [0.3, 0.4) is 0 Å². The first-order chi connectivity index (χ1) is 13.6. The van der Waals surface area contributed by atoms with E-state index in [1.807, 2.05) is 0 Å². The minimum atomic E-state index is -0.961. The normalized spacial score (nSPS) is 20.8. The molecule has 2 aliphatic rings. The first-order valence-electron chi connectivity index (χ1n) is 9.10. The number of aromatic nitrogens is 3. The van der Waals surface area contributed by atoms with Crippen LogP contribution in [0.4, 0.5) is 10.2 Å². The Kier molecular flexibility index (Phi) is 3.84. The number of nitrogens with one attached hydrogen (secondary N) is 1. The van der Waals surface area contributed by atoms with Gasteiger partial charge in [0, 0.05) is 12.3 Å². The fourth-order valence-corrected chi connectivity index (χ4v) is 3.59. The van der Waals surface area contributed by atoms with Crippen molar-refractivity contribution in [3.8, 4) is 11.8 Å². The fraction of sp³-hybridized carbons (Fsp3) is 0.300. The number of nitriles is 1. The third-order valence-electron chi connectivity index (χ3n) is 5.11. The number of alkyl halides is 1. The molecule has 3 aromatic rings. The predicted molar refractivity (Wildman–Crippen MR) is 104 cm³/mol. The molecule has 2 atom stereocenters. The molecule has 2 aliphatic carbocycles. The minimum Gasteiger partial charge on any atom is -0.364 e. The predicted octanol–water partition coefficient (Wildman–Crippen LogP) is 3.71. The Balaban J connectivity index is 1.82. The highest BCUT2D eigenvalue weighted by atomic mass is 35.5. The van der Waals surface area contributed by atoms with E-state index in [0.717, 1.165) is 12.8 Å². The molecule has 0 saturated heterocycles. The average Bonchev–Trinajstić information content (AvgIpc) is 3.60. The van der Waals surface area contributed by atoms with Crippen molar-refractivity contribution in [1.29, 1.82) is 5.26 Å². The molecule has 0 radical (unpaired) electrons. The molecule has 2 fully saturated rings. The van der Waals surface area contributed by atoms with Crippen LogP contribution in [0.2, 0.25) is 5.02 Å². The summed E-state index contributed by atoms with van der Waals surface area (Å²) in [5.41, 5.74) is 1.41. The van der Waals surface area contributed by atoms with Gasteiger partial charge in [0.1, 0.15) is 18.1 Å². The number of benzene rings is 1. The topological polar surface area (TPSA) is 83.6 Å². The summed E-state index contributed by atoms with van der Waals surface area (Å²) in [6.45, 7) is 0. The van der Waals surface area contributed by atoms with Crippen molar-refractivity contribution in [2.75, 3.05) is 5.32 Å². The summed E-state index contributed by atoms with van der Waals surface area (Å²) in [7, 11) is 0. The lowest BCUT2D eigenvalue weighted by Gasteiger charge is -2.15. The van der Waals surface area contributed by atoms with E-state index in [2.05, 4.69) is 16.4 Å². The lowest BCUT2D eigenvalue weighted by atomic mass is 10.1. The molecule has 0 bridgehead atoms.